The molecule has 0 fully saturated rings. The van der Waals surface area contributed by atoms with Gasteiger partial charge in [0.2, 0.25) is 0 Å². The lowest BCUT2D eigenvalue weighted by Gasteiger charge is -2.41. The van der Waals surface area contributed by atoms with E-state index in [2.05, 4.69) is 0 Å². The second-order valence-electron chi connectivity index (χ2n) is 9.36. The number of benzene rings is 2. The first-order valence-electron chi connectivity index (χ1n) is 12.2. The van der Waals surface area contributed by atoms with Crippen LogP contribution >= 0.6 is 0 Å². The average Bonchev–Trinajstić information content (AvgIpc) is 2.82. The van der Waals surface area contributed by atoms with Crippen LogP contribution in [0.1, 0.15) is 76.3 Å². The summed E-state index contributed by atoms with van der Waals surface area (Å²) in [6.45, 7) is 5.56. The highest BCUT2D eigenvalue weighted by Crippen LogP contribution is 2.49. The van der Waals surface area contributed by atoms with Crippen molar-refractivity contribution in [2.45, 2.75) is 76.2 Å². The van der Waals surface area contributed by atoms with Crippen molar-refractivity contribution in [3.05, 3.63) is 71.3 Å². The van der Waals surface area contributed by atoms with Crippen LogP contribution in [0.25, 0.3) is 5.57 Å². The van der Waals surface area contributed by atoms with Gasteiger partial charge in [-0.2, -0.15) is 0 Å². The number of hydrogen-bond acceptors (Lipinski definition) is 4. The first kappa shape index (κ1) is 29.6. The molecule has 2 N–H and O–H groups in total. The lowest BCUT2D eigenvalue weighted by atomic mass is 9.62. The molecule has 3 atom stereocenters. The van der Waals surface area contributed by atoms with Gasteiger partial charge in [-0.25, -0.2) is 17.2 Å². The summed E-state index contributed by atoms with van der Waals surface area (Å²) >= 11 is 0. The van der Waals surface area contributed by atoms with Gasteiger partial charge in [-0.15, -0.1) is 0 Å². The molecule has 0 aliphatic carbocycles. The fourth-order valence-corrected chi connectivity index (χ4v) is 5.57. The Balaban J connectivity index is 2.68. The summed E-state index contributed by atoms with van der Waals surface area (Å²) in [6.07, 6.45) is 4.20. The molecule has 0 aromatic heterocycles. The quantitative estimate of drug-likeness (QED) is 0.319. The SMILES string of the molecule is CC=C(CC(CCC)(C(=O)O)C(c1ccc(F)c(F)c1)C(O)CCCC)c1ccc(S(C)(=O)=O)cc1. The maximum atomic E-state index is 14.3. The van der Waals surface area contributed by atoms with Crippen LogP contribution in [0.3, 0.4) is 0 Å². The maximum Gasteiger partial charge on any atom is 0.310 e. The summed E-state index contributed by atoms with van der Waals surface area (Å²) in [6, 6.07) is 9.50. The Morgan fingerprint density at radius 3 is 2.17 bits per heavy atom. The number of hydrogen-bond donors (Lipinski definition) is 2. The van der Waals surface area contributed by atoms with Crippen molar-refractivity contribution in [2.24, 2.45) is 5.41 Å². The van der Waals surface area contributed by atoms with Gasteiger partial charge >= 0.3 is 5.97 Å². The van der Waals surface area contributed by atoms with Crippen molar-refractivity contribution >= 4 is 21.4 Å². The van der Waals surface area contributed by atoms with Crippen molar-refractivity contribution in [3.8, 4) is 0 Å². The number of aliphatic carboxylic acids is 1. The number of aliphatic hydroxyl groups excluding tert-OH is 1. The van der Waals surface area contributed by atoms with Gasteiger partial charge in [-0.05, 0) is 67.2 Å². The van der Waals surface area contributed by atoms with Crippen LogP contribution in [0.2, 0.25) is 0 Å². The van der Waals surface area contributed by atoms with Gasteiger partial charge in [0.05, 0.1) is 16.4 Å². The molecule has 0 aliphatic rings. The van der Waals surface area contributed by atoms with Crippen LogP contribution in [0.4, 0.5) is 8.78 Å². The zero-order valence-corrected chi connectivity index (χ0v) is 22.1. The summed E-state index contributed by atoms with van der Waals surface area (Å²) in [4.78, 5) is 13.2. The number of halogens is 2. The topological polar surface area (TPSA) is 91.7 Å². The summed E-state index contributed by atoms with van der Waals surface area (Å²) in [5.74, 6) is -4.28. The fraction of sp³-hybridized carbons (Fsp3) is 0.464. The second-order valence-corrected chi connectivity index (χ2v) is 11.4. The molecule has 0 saturated heterocycles. The summed E-state index contributed by atoms with van der Waals surface area (Å²) in [7, 11) is -3.40. The highest BCUT2D eigenvalue weighted by atomic mass is 32.2. The Morgan fingerprint density at radius 1 is 1.06 bits per heavy atom. The Hall–Kier alpha value is -2.58. The molecular formula is C28H36F2O5S. The first-order valence-corrected chi connectivity index (χ1v) is 14.1. The molecule has 0 bridgehead atoms. The zero-order chi connectivity index (χ0) is 27.1. The molecule has 0 amide bonds. The molecule has 0 radical (unpaired) electrons. The van der Waals surface area contributed by atoms with Crippen molar-refractivity contribution in [3.63, 3.8) is 0 Å². The Morgan fingerprint density at radius 2 is 1.69 bits per heavy atom. The third-order valence-electron chi connectivity index (χ3n) is 6.77. The fourth-order valence-electron chi connectivity index (χ4n) is 4.94. The molecule has 36 heavy (non-hydrogen) atoms. The second kappa shape index (κ2) is 12.6. The van der Waals surface area contributed by atoms with Crippen molar-refractivity contribution in [1.82, 2.24) is 0 Å². The number of sulfone groups is 1. The van der Waals surface area contributed by atoms with Crippen LogP contribution in [-0.2, 0) is 14.6 Å². The highest BCUT2D eigenvalue weighted by Gasteiger charge is 2.49. The molecular weight excluding hydrogens is 486 g/mol. The predicted octanol–water partition coefficient (Wildman–Crippen LogP) is 6.37. The van der Waals surface area contributed by atoms with E-state index in [0.717, 1.165) is 24.8 Å². The molecule has 0 aliphatic heterocycles. The monoisotopic (exact) mass is 522 g/mol. The number of rotatable bonds is 13. The van der Waals surface area contributed by atoms with Crippen LogP contribution in [0.15, 0.2) is 53.4 Å². The number of aliphatic hydroxyl groups is 1. The average molecular weight is 523 g/mol. The van der Waals surface area contributed by atoms with Gasteiger partial charge in [0.15, 0.2) is 21.5 Å². The lowest BCUT2D eigenvalue weighted by molar-refractivity contribution is -0.153. The molecule has 0 heterocycles. The number of unbranched alkanes of at least 4 members (excludes halogenated alkanes) is 1. The highest BCUT2D eigenvalue weighted by molar-refractivity contribution is 7.90. The van der Waals surface area contributed by atoms with Crippen LogP contribution in [0, 0.1) is 17.0 Å². The number of carboxylic acids is 1. The Bertz CT molecular complexity index is 1170. The van der Waals surface area contributed by atoms with E-state index in [1.165, 1.54) is 18.2 Å². The van der Waals surface area contributed by atoms with E-state index in [-0.39, 0.29) is 23.3 Å². The van der Waals surface area contributed by atoms with Crippen LogP contribution in [-0.4, -0.2) is 37.0 Å². The Kier molecular flexibility index (Phi) is 10.4. The number of carboxylic acid groups (broad SMARTS) is 1. The minimum Gasteiger partial charge on any atom is -0.481 e. The summed E-state index contributed by atoms with van der Waals surface area (Å²) < 4.78 is 51.8. The normalized spacial score (nSPS) is 15.8. The predicted molar refractivity (Wildman–Crippen MR) is 137 cm³/mol. The van der Waals surface area contributed by atoms with E-state index in [1.54, 1.807) is 25.1 Å². The van der Waals surface area contributed by atoms with Crippen molar-refractivity contribution < 1.29 is 32.2 Å². The first-order chi connectivity index (χ1) is 16.9. The number of allylic oxidation sites excluding steroid dienone is 2. The summed E-state index contributed by atoms with van der Waals surface area (Å²) in [5, 5.41) is 21.9. The molecule has 2 rings (SSSR count). The Labute approximate surface area is 212 Å². The van der Waals surface area contributed by atoms with Gasteiger partial charge in [0, 0.05) is 12.2 Å². The third kappa shape index (κ3) is 6.79. The van der Waals surface area contributed by atoms with E-state index < -0.39 is 44.9 Å². The lowest BCUT2D eigenvalue weighted by Crippen LogP contribution is -2.43. The molecule has 8 heteroatoms. The van der Waals surface area contributed by atoms with Gasteiger partial charge < -0.3 is 10.2 Å². The van der Waals surface area contributed by atoms with E-state index in [1.807, 2.05) is 13.8 Å². The third-order valence-corrected chi connectivity index (χ3v) is 7.89. The molecule has 5 nitrogen and oxygen atoms in total. The van der Waals surface area contributed by atoms with Gasteiger partial charge in [-0.1, -0.05) is 57.4 Å². The minimum atomic E-state index is -3.40. The smallest absolute Gasteiger partial charge is 0.310 e. The maximum absolute atomic E-state index is 14.3. The molecule has 198 valence electrons. The molecule has 0 spiro atoms. The van der Waals surface area contributed by atoms with Gasteiger partial charge in [0.25, 0.3) is 0 Å². The minimum absolute atomic E-state index is 0.0116. The number of carbonyl (C=O) groups is 1. The van der Waals surface area contributed by atoms with Crippen molar-refractivity contribution in [2.75, 3.05) is 6.26 Å². The van der Waals surface area contributed by atoms with Crippen LogP contribution in [0.5, 0.6) is 0 Å². The van der Waals surface area contributed by atoms with Crippen LogP contribution < -0.4 is 0 Å². The molecule has 0 saturated carbocycles. The van der Waals surface area contributed by atoms with E-state index in [9.17, 15) is 32.2 Å². The van der Waals surface area contributed by atoms with E-state index >= 15 is 0 Å². The van der Waals surface area contributed by atoms with E-state index in [0.29, 0.717) is 30.4 Å². The largest absolute Gasteiger partial charge is 0.481 e. The van der Waals surface area contributed by atoms with E-state index in [4.69, 9.17) is 0 Å². The standard InChI is InChI=1S/C28H36F2O5S/c1-5-8-9-25(31)26(21-12-15-23(29)24(30)17-21)28(16-6-2,27(32)33)18-19(7-3)20-10-13-22(14-11-20)36(4,34)35/h7,10-15,17,25-26,31H,5-6,8-9,16,18H2,1-4H3,(H,32,33). The van der Waals surface area contributed by atoms with Gasteiger partial charge in [-0.3, -0.25) is 4.79 Å². The summed E-state index contributed by atoms with van der Waals surface area (Å²) in [5.41, 5.74) is 0.0138. The van der Waals surface area contributed by atoms with Crippen molar-refractivity contribution in [1.29, 1.82) is 0 Å². The molecule has 2 aromatic rings. The van der Waals surface area contributed by atoms with Gasteiger partial charge in [0.1, 0.15) is 0 Å². The zero-order valence-electron chi connectivity index (χ0n) is 21.3. The molecule has 3 unspecified atom stereocenters. The molecule has 2 aromatic carbocycles.